The zero-order chi connectivity index (χ0) is 13.9. The molecule has 0 aliphatic carbocycles. The Kier molecular flexibility index (Phi) is 7.47. The lowest BCUT2D eigenvalue weighted by Gasteiger charge is -2.05. The molecule has 1 aromatic heterocycles. The van der Waals surface area contributed by atoms with Crippen molar-refractivity contribution in [1.82, 2.24) is 14.8 Å². The van der Waals surface area contributed by atoms with Gasteiger partial charge in [0, 0.05) is 7.11 Å². The highest BCUT2D eigenvalue weighted by molar-refractivity contribution is 5.93. The summed E-state index contributed by atoms with van der Waals surface area (Å²) in [4.78, 5) is 3.88. The van der Waals surface area contributed by atoms with Gasteiger partial charge >= 0.3 is 0 Å². The fourth-order valence-corrected chi connectivity index (χ4v) is 1.19. The zero-order valence-corrected chi connectivity index (χ0v) is 10.9. The molecule has 0 radical (unpaired) electrons. The fourth-order valence-electron chi connectivity index (χ4n) is 1.19. The van der Waals surface area contributed by atoms with E-state index >= 15 is 0 Å². The van der Waals surface area contributed by atoms with Crippen LogP contribution in [0, 0.1) is 0 Å². The largest absolute Gasteiger partial charge is 0.409 e. The summed E-state index contributed by atoms with van der Waals surface area (Å²) in [6.45, 7) is 3.18. The Hall–Kier alpha value is -1.71. The normalized spacial score (nSPS) is 11.9. The molecule has 0 aromatic carbocycles. The summed E-state index contributed by atoms with van der Waals surface area (Å²) in [5.74, 6) is 0.0663. The zero-order valence-electron chi connectivity index (χ0n) is 10.9. The van der Waals surface area contributed by atoms with E-state index in [1.807, 2.05) is 0 Å². The van der Waals surface area contributed by atoms with Gasteiger partial charge in [0.05, 0.1) is 39.6 Å². The van der Waals surface area contributed by atoms with E-state index < -0.39 is 0 Å². The molecule has 0 unspecified atom stereocenters. The van der Waals surface area contributed by atoms with Gasteiger partial charge in [-0.3, -0.25) is 0 Å². The first-order valence-electron chi connectivity index (χ1n) is 5.79. The van der Waals surface area contributed by atoms with Crippen molar-refractivity contribution < 1.29 is 19.4 Å². The van der Waals surface area contributed by atoms with E-state index in [0.717, 1.165) is 0 Å². The summed E-state index contributed by atoms with van der Waals surface area (Å²) >= 11 is 0. The third-order valence-electron chi connectivity index (χ3n) is 2.14. The molecule has 108 valence electrons. The van der Waals surface area contributed by atoms with Crippen LogP contribution in [0.2, 0.25) is 0 Å². The van der Waals surface area contributed by atoms with Crippen LogP contribution < -0.4 is 5.73 Å². The Labute approximate surface area is 111 Å². The quantitative estimate of drug-likeness (QED) is 0.185. The van der Waals surface area contributed by atoms with Crippen molar-refractivity contribution in [3.63, 3.8) is 0 Å². The van der Waals surface area contributed by atoms with Crippen molar-refractivity contribution in [2.75, 3.05) is 40.1 Å². The minimum atomic E-state index is -0.119. The molecule has 3 N–H and O–H groups in total. The van der Waals surface area contributed by atoms with Gasteiger partial charge in [-0.1, -0.05) is 5.16 Å². The monoisotopic (exact) mass is 273 g/mol. The minimum Gasteiger partial charge on any atom is -0.409 e. The van der Waals surface area contributed by atoms with E-state index in [4.69, 9.17) is 25.2 Å². The molecule has 0 atom stereocenters. The molecule has 0 saturated heterocycles. The number of amidine groups is 1. The van der Waals surface area contributed by atoms with E-state index in [1.165, 1.54) is 6.33 Å². The number of oxime groups is 1. The van der Waals surface area contributed by atoms with Gasteiger partial charge in [0.25, 0.3) is 0 Å². The van der Waals surface area contributed by atoms with Crippen LogP contribution in [-0.4, -0.2) is 66.0 Å². The SMILES string of the molecule is COCCOCCOCCn1cnc(C(N)=NO)n1. The molecule has 0 bridgehead atoms. The number of nitrogens with two attached hydrogens (primary N) is 1. The van der Waals surface area contributed by atoms with E-state index in [1.54, 1.807) is 11.8 Å². The van der Waals surface area contributed by atoms with Gasteiger partial charge in [-0.05, 0) is 0 Å². The minimum absolute atomic E-state index is 0.119. The average molecular weight is 273 g/mol. The number of methoxy groups -OCH3 is 1. The lowest BCUT2D eigenvalue weighted by atomic mass is 10.6. The number of hydrogen-bond acceptors (Lipinski definition) is 7. The Morgan fingerprint density at radius 2 is 2.00 bits per heavy atom. The lowest BCUT2D eigenvalue weighted by molar-refractivity contribution is 0.0225. The number of nitrogens with zero attached hydrogens (tertiary/aromatic N) is 4. The Morgan fingerprint density at radius 3 is 2.68 bits per heavy atom. The van der Waals surface area contributed by atoms with Crippen LogP contribution in [0.25, 0.3) is 0 Å². The summed E-state index contributed by atoms with van der Waals surface area (Å²) in [5.41, 5.74) is 5.35. The molecular weight excluding hydrogens is 254 g/mol. The van der Waals surface area contributed by atoms with Gasteiger partial charge in [-0.15, -0.1) is 5.10 Å². The molecule has 0 fully saturated rings. The molecule has 1 heterocycles. The Balaban J connectivity index is 2.08. The van der Waals surface area contributed by atoms with Crippen LogP contribution in [-0.2, 0) is 20.8 Å². The van der Waals surface area contributed by atoms with Crippen molar-refractivity contribution in [3.8, 4) is 0 Å². The molecule has 9 heteroatoms. The summed E-state index contributed by atoms with van der Waals surface area (Å²) in [7, 11) is 1.63. The highest BCUT2D eigenvalue weighted by Crippen LogP contribution is 1.90. The highest BCUT2D eigenvalue weighted by Gasteiger charge is 2.05. The standard InChI is InChI=1S/C10H19N5O4/c1-17-4-5-19-7-6-18-3-2-15-8-12-10(13-15)9(11)14-16/h8,16H,2-7H2,1H3,(H2,11,14). The third kappa shape index (κ3) is 6.13. The number of ether oxygens (including phenoxy) is 3. The van der Waals surface area contributed by atoms with Crippen molar-refractivity contribution in [2.45, 2.75) is 6.54 Å². The van der Waals surface area contributed by atoms with E-state index in [9.17, 15) is 0 Å². The van der Waals surface area contributed by atoms with Crippen LogP contribution in [0.5, 0.6) is 0 Å². The summed E-state index contributed by atoms with van der Waals surface area (Å²) in [6.07, 6.45) is 1.49. The van der Waals surface area contributed by atoms with Crippen LogP contribution in [0.1, 0.15) is 5.82 Å². The first kappa shape index (κ1) is 15.3. The van der Waals surface area contributed by atoms with E-state index in [0.29, 0.717) is 39.6 Å². The predicted molar refractivity (Wildman–Crippen MR) is 66.0 cm³/mol. The van der Waals surface area contributed by atoms with E-state index in [-0.39, 0.29) is 11.7 Å². The second-order valence-corrected chi connectivity index (χ2v) is 3.53. The van der Waals surface area contributed by atoms with Crippen molar-refractivity contribution >= 4 is 5.84 Å². The topological polar surface area (TPSA) is 117 Å². The number of aromatic nitrogens is 3. The van der Waals surface area contributed by atoms with Crippen molar-refractivity contribution in [2.24, 2.45) is 10.9 Å². The van der Waals surface area contributed by atoms with Crippen LogP contribution in [0.4, 0.5) is 0 Å². The molecule has 9 nitrogen and oxygen atoms in total. The second-order valence-electron chi connectivity index (χ2n) is 3.53. The maximum Gasteiger partial charge on any atom is 0.219 e. The smallest absolute Gasteiger partial charge is 0.219 e. The maximum atomic E-state index is 8.46. The Morgan fingerprint density at radius 1 is 1.32 bits per heavy atom. The predicted octanol–water partition coefficient (Wildman–Crippen LogP) is -0.948. The van der Waals surface area contributed by atoms with E-state index in [2.05, 4.69) is 15.2 Å². The van der Waals surface area contributed by atoms with Gasteiger partial charge in [-0.2, -0.15) is 0 Å². The fraction of sp³-hybridized carbons (Fsp3) is 0.700. The third-order valence-corrected chi connectivity index (χ3v) is 2.14. The van der Waals surface area contributed by atoms with Gasteiger partial charge in [-0.25, -0.2) is 9.67 Å². The summed E-state index contributed by atoms with van der Waals surface area (Å²) in [6, 6.07) is 0. The highest BCUT2D eigenvalue weighted by atomic mass is 16.5. The molecule has 19 heavy (non-hydrogen) atoms. The van der Waals surface area contributed by atoms with Crippen LogP contribution in [0.3, 0.4) is 0 Å². The average Bonchev–Trinajstić information content (AvgIpc) is 2.89. The molecule has 0 saturated carbocycles. The summed E-state index contributed by atoms with van der Waals surface area (Å²) < 4.78 is 17.0. The first-order valence-corrected chi connectivity index (χ1v) is 5.79. The molecule has 1 aromatic rings. The van der Waals surface area contributed by atoms with Crippen molar-refractivity contribution in [3.05, 3.63) is 12.2 Å². The van der Waals surface area contributed by atoms with Gasteiger partial charge in [0.2, 0.25) is 11.7 Å². The summed E-state index contributed by atoms with van der Waals surface area (Å²) in [5, 5.41) is 15.3. The van der Waals surface area contributed by atoms with Gasteiger partial charge in [0.1, 0.15) is 6.33 Å². The molecule has 0 aliphatic heterocycles. The number of hydrogen-bond donors (Lipinski definition) is 2. The van der Waals surface area contributed by atoms with Crippen LogP contribution >= 0.6 is 0 Å². The van der Waals surface area contributed by atoms with Crippen molar-refractivity contribution in [1.29, 1.82) is 0 Å². The second kappa shape index (κ2) is 9.25. The lowest BCUT2D eigenvalue weighted by Crippen LogP contribution is -2.16. The molecule has 0 amide bonds. The Bertz CT molecular complexity index is 382. The van der Waals surface area contributed by atoms with Gasteiger partial charge in [0.15, 0.2) is 0 Å². The number of rotatable bonds is 10. The molecule has 0 spiro atoms. The molecule has 1 rings (SSSR count). The van der Waals surface area contributed by atoms with Gasteiger partial charge < -0.3 is 25.2 Å². The molecular formula is C10H19N5O4. The van der Waals surface area contributed by atoms with Crippen LogP contribution in [0.15, 0.2) is 11.5 Å². The first-order chi connectivity index (χ1) is 9.27. The maximum absolute atomic E-state index is 8.46. The molecule has 0 aliphatic rings.